The van der Waals surface area contributed by atoms with E-state index in [1.165, 1.54) is 0 Å². The molecule has 0 amide bonds. The van der Waals surface area contributed by atoms with Gasteiger partial charge < -0.3 is 14.4 Å². The van der Waals surface area contributed by atoms with Gasteiger partial charge in [-0.1, -0.05) is 0 Å². The van der Waals surface area contributed by atoms with Crippen LogP contribution in [0.25, 0.3) is 0 Å². The van der Waals surface area contributed by atoms with Crippen LogP contribution in [0.5, 0.6) is 0 Å². The molecule has 0 aliphatic carbocycles. The zero-order valence-corrected chi connectivity index (χ0v) is 12.6. The normalized spacial score (nSPS) is 30.8. The molecule has 0 aromatic carbocycles. The second-order valence-corrected chi connectivity index (χ2v) is 6.07. The number of morpholine rings is 1. The van der Waals surface area contributed by atoms with Gasteiger partial charge in [0, 0.05) is 19.3 Å². The minimum Gasteiger partial charge on any atom is -0.378 e. The van der Waals surface area contributed by atoms with E-state index in [0.29, 0.717) is 6.61 Å². The van der Waals surface area contributed by atoms with Gasteiger partial charge in [-0.15, -0.1) is 0 Å². The summed E-state index contributed by atoms with van der Waals surface area (Å²) in [6.45, 7) is 9.37. The van der Waals surface area contributed by atoms with E-state index in [1.54, 1.807) is 0 Å². The Morgan fingerprint density at radius 2 is 2.25 bits per heavy atom. The molecule has 2 aliphatic rings. The first-order chi connectivity index (χ1) is 9.58. The number of aryl methyl sites for hydroxylation is 2. The Labute approximate surface area is 120 Å². The molecule has 0 saturated carbocycles. The highest BCUT2D eigenvalue weighted by molar-refractivity contribution is 5.44. The highest BCUT2D eigenvalue weighted by Crippen LogP contribution is 2.32. The first-order valence-corrected chi connectivity index (χ1v) is 7.39. The molecule has 1 aromatic heterocycles. The van der Waals surface area contributed by atoms with Gasteiger partial charge >= 0.3 is 0 Å². The number of aromatic nitrogens is 2. The number of nitrogens with zero attached hydrogens (tertiary/aromatic N) is 3. The van der Waals surface area contributed by atoms with Crippen LogP contribution in [-0.4, -0.2) is 48.0 Å². The van der Waals surface area contributed by atoms with E-state index >= 15 is 0 Å². The predicted octanol–water partition coefficient (Wildman–Crippen LogP) is 1.87. The maximum Gasteiger partial charge on any atom is 0.150 e. The molecule has 1 aromatic rings. The Kier molecular flexibility index (Phi) is 3.65. The van der Waals surface area contributed by atoms with Crippen LogP contribution < -0.4 is 4.90 Å². The van der Waals surface area contributed by atoms with E-state index in [-0.39, 0.29) is 11.7 Å². The molecule has 3 heterocycles. The first kappa shape index (κ1) is 13.8. The van der Waals surface area contributed by atoms with Gasteiger partial charge in [-0.05, 0) is 33.6 Å². The van der Waals surface area contributed by atoms with Crippen molar-refractivity contribution in [2.75, 3.05) is 31.2 Å². The van der Waals surface area contributed by atoms with Crippen molar-refractivity contribution in [3.63, 3.8) is 0 Å². The summed E-state index contributed by atoms with van der Waals surface area (Å²) < 4.78 is 11.9. The van der Waals surface area contributed by atoms with Crippen molar-refractivity contribution < 1.29 is 9.47 Å². The molecule has 0 radical (unpaired) electrons. The summed E-state index contributed by atoms with van der Waals surface area (Å²) in [7, 11) is 0. The number of hydrogen-bond donors (Lipinski definition) is 0. The third kappa shape index (κ3) is 2.65. The van der Waals surface area contributed by atoms with Gasteiger partial charge in [0.25, 0.3) is 0 Å². The number of hydrogen-bond acceptors (Lipinski definition) is 5. The van der Waals surface area contributed by atoms with Crippen molar-refractivity contribution in [3.05, 3.63) is 17.6 Å². The van der Waals surface area contributed by atoms with Gasteiger partial charge in [-0.2, -0.15) is 0 Å². The van der Waals surface area contributed by atoms with Gasteiger partial charge in [-0.25, -0.2) is 4.98 Å². The van der Waals surface area contributed by atoms with Crippen LogP contribution >= 0.6 is 0 Å². The zero-order valence-electron chi connectivity index (χ0n) is 12.6. The third-order valence-corrected chi connectivity index (χ3v) is 4.04. The van der Waals surface area contributed by atoms with E-state index in [9.17, 15) is 0 Å². The lowest BCUT2D eigenvalue weighted by Gasteiger charge is -2.47. The quantitative estimate of drug-likeness (QED) is 0.784. The molecular weight excluding hydrogens is 254 g/mol. The summed E-state index contributed by atoms with van der Waals surface area (Å²) >= 11 is 0. The number of rotatable bonds is 1. The highest BCUT2D eigenvalue weighted by Gasteiger charge is 2.41. The van der Waals surface area contributed by atoms with E-state index in [1.807, 2.05) is 20.0 Å². The minimum atomic E-state index is -0.173. The molecule has 2 saturated heterocycles. The highest BCUT2D eigenvalue weighted by atomic mass is 16.6. The molecule has 0 bridgehead atoms. The lowest BCUT2D eigenvalue weighted by Crippen LogP contribution is -2.59. The molecule has 20 heavy (non-hydrogen) atoms. The Hall–Kier alpha value is -1.20. The molecule has 2 fully saturated rings. The maximum atomic E-state index is 6.22. The predicted molar refractivity (Wildman–Crippen MR) is 77.1 cm³/mol. The summed E-state index contributed by atoms with van der Waals surface area (Å²) in [5.41, 5.74) is 1.77. The van der Waals surface area contributed by atoms with Crippen LogP contribution in [0.15, 0.2) is 6.20 Å². The molecule has 0 unspecified atom stereocenters. The molecule has 110 valence electrons. The van der Waals surface area contributed by atoms with E-state index in [0.717, 1.165) is 49.7 Å². The minimum absolute atomic E-state index is 0.173. The van der Waals surface area contributed by atoms with E-state index in [2.05, 4.69) is 21.8 Å². The first-order valence-electron chi connectivity index (χ1n) is 7.39. The molecule has 2 atom stereocenters. The molecule has 5 heteroatoms. The molecule has 1 spiro atoms. The fraction of sp³-hybridized carbons (Fsp3) is 0.733. The van der Waals surface area contributed by atoms with Crippen LogP contribution in [0.2, 0.25) is 0 Å². The zero-order chi connectivity index (χ0) is 14.2. The smallest absolute Gasteiger partial charge is 0.150 e. The fourth-order valence-corrected chi connectivity index (χ4v) is 3.25. The van der Waals surface area contributed by atoms with Gasteiger partial charge in [-0.3, -0.25) is 4.98 Å². The molecule has 3 rings (SSSR count). The van der Waals surface area contributed by atoms with Gasteiger partial charge in [0.05, 0.1) is 30.6 Å². The summed E-state index contributed by atoms with van der Waals surface area (Å²) in [5, 5.41) is 0. The molecule has 5 nitrogen and oxygen atoms in total. The Bertz CT molecular complexity index is 486. The van der Waals surface area contributed by atoms with Crippen molar-refractivity contribution in [2.24, 2.45) is 0 Å². The van der Waals surface area contributed by atoms with Crippen LogP contribution in [0.3, 0.4) is 0 Å². The van der Waals surface area contributed by atoms with Crippen molar-refractivity contribution in [1.82, 2.24) is 9.97 Å². The van der Waals surface area contributed by atoms with Crippen molar-refractivity contribution in [2.45, 2.75) is 45.3 Å². The van der Waals surface area contributed by atoms with Crippen molar-refractivity contribution in [1.29, 1.82) is 0 Å². The van der Waals surface area contributed by atoms with Gasteiger partial charge in [0.1, 0.15) is 5.60 Å². The Balaban J connectivity index is 1.87. The lowest BCUT2D eigenvalue weighted by molar-refractivity contribution is -0.160. The molecule has 0 N–H and O–H groups in total. The van der Waals surface area contributed by atoms with Crippen molar-refractivity contribution >= 4 is 5.82 Å². The monoisotopic (exact) mass is 277 g/mol. The van der Waals surface area contributed by atoms with Crippen LogP contribution in [0, 0.1) is 13.8 Å². The Morgan fingerprint density at radius 3 is 3.00 bits per heavy atom. The van der Waals surface area contributed by atoms with E-state index in [4.69, 9.17) is 9.47 Å². The van der Waals surface area contributed by atoms with Crippen LogP contribution in [0.1, 0.15) is 31.2 Å². The van der Waals surface area contributed by atoms with Crippen LogP contribution in [-0.2, 0) is 9.47 Å². The summed E-state index contributed by atoms with van der Waals surface area (Å²) in [6, 6.07) is 0. The Morgan fingerprint density at radius 1 is 1.40 bits per heavy atom. The standard InChI is InChI=1S/C15H23N3O2/c1-11-7-16-13(3)14(17-11)18-8-12(2)20-15(9-18)5-4-6-19-10-15/h7,12H,4-6,8-10H2,1-3H3/t12-,15+/m1/s1. The average Bonchev–Trinajstić information content (AvgIpc) is 2.41. The molecular formula is C15H23N3O2. The summed E-state index contributed by atoms with van der Waals surface area (Å²) in [5.74, 6) is 0.991. The SMILES string of the molecule is Cc1cnc(C)c(N2C[C@@H](C)O[C@@]3(CCCOC3)C2)n1. The lowest BCUT2D eigenvalue weighted by atomic mass is 9.93. The van der Waals surface area contributed by atoms with Gasteiger partial charge in [0.15, 0.2) is 5.82 Å². The van der Waals surface area contributed by atoms with Crippen molar-refractivity contribution in [3.8, 4) is 0 Å². The number of anilines is 1. The second kappa shape index (κ2) is 5.30. The average molecular weight is 277 g/mol. The molecule has 2 aliphatic heterocycles. The summed E-state index contributed by atoms with van der Waals surface area (Å²) in [4.78, 5) is 11.4. The number of ether oxygens (including phenoxy) is 2. The summed E-state index contributed by atoms with van der Waals surface area (Å²) in [6.07, 6.45) is 4.14. The topological polar surface area (TPSA) is 47.5 Å². The second-order valence-electron chi connectivity index (χ2n) is 6.07. The largest absolute Gasteiger partial charge is 0.378 e. The third-order valence-electron chi connectivity index (χ3n) is 4.04. The van der Waals surface area contributed by atoms with Gasteiger partial charge in [0.2, 0.25) is 0 Å². The van der Waals surface area contributed by atoms with E-state index < -0.39 is 0 Å². The maximum absolute atomic E-state index is 6.22. The van der Waals surface area contributed by atoms with Crippen LogP contribution in [0.4, 0.5) is 5.82 Å². The fourth-order valence-electron chi connectivity index (χ4n) is 3.25.